The number of carbonyl (C=O) groups excluding carboxylic acids is 1. The predicted octanol–water partition coefficient (Wildman–Crippen LogP) is 2.13. The quantitative estimate of drug-likeness (QED) is 0.818. The van der Waals surface area contributed by atoms with E-state index in [4.69, 9.17) is 4.74 Å². The van der Waals surface area contributed by atoms with E-state index in [2.05, 4.69) is 10.2 Å². The number of nitrogens with zero attached hydrogens (tertiary/aromatic N) is 1. The molecule has 0 fully saturated rings. The van der Waals surface area contributed by atoms with Crippen LogP contribution in [0.5, 0.6) is 5.75 Å². The fourth-order valence-electron chi connectivity index (χ4n) is 1.90. The molecule has 1 aromatic heterocycles. The molecular weight excluding hydrogens is 216 g/mol. The van der Waals surface area contributed by atoms with E-state index < -0.39 is 0 Å². The number of hydrogen-bond donors (Lipinski definition) is 1. The molecule has 4 heteroatoms. The molecule has 0 amide bonds. The first-order valence-electron chi connectivity index (χ1n) is 5.36. The zero-order valence-electron chi connectivity index (χ0n) is 9.86. The van der Waals surface area contributed by atoms with Crippen molar-refractivity contribution in [3.63, 3.8) is 0 Å². The minimum atomic E-state index is 0.591. The molecule has 0 unspecified atom stereocenters. The van der Waals surface area contributed by atoms with Crippen LogP contribution in [0.25, 0.3) is 0 Å². The van der Waals surface area contributed by atoms with Crippen LogP contribution < -0.4 is 4.74 Å². The fourth-order valence-corrected chi connectivity index (χ4v) is 1.90. The molecule has 1 heterocycles. The van der Waals surface area contributed by atoms with Crippen LogP contribution in [0, 0.1) is 6.92 Å². The van der Waals surface area contributed by atoms with Crippen LogP contribution in [-0.4, -0.2) is 23.6 Å². The number of carbonyl (C=O) groups is 1. The van der Waals surface area contributed by atoms with Crippen LogP contribution in [0.4, 0.5) is 0 Å². The molecular formula is C13H14N2O2. The SMILES string of the molecule is COc1c(C)cccc1Cc1[nH]ncc1C=O. The Morgan fingerprint density at radius 3 is 3.00 bits per heavy atom. The second kappa shape index (κ2) is 4.82. The van der Waals surface area contributed by atoms with Crippen molar-refractivity contribution in [1.82, 2.24) is 10.2 Å². The second-order valence-electron chi connectivity index (χ2n) is 3.87. The highest BCUT2D eigenvalue weighted by Crippen LogP contribution is 2.25. The van der Waals surface area contributed by atoms with Gasteiger partial charge in [-0.25, -0.2) is 0 Å². The molecule has 0 bridgehead atoms. The zero-order chi connectivity index (χ0) is 12.3. The molecule has 0 saturated carbocycles. The lowest BCUT2D eigenvalue weighted by molar-refractivity contribution is 0.112. The van der Waals surface area contributed by atoms with Crippen molar-refractivity contribution in [2.45, 2.75) is 13.3 Å². The predicted molar refractivity (Wildman–Crippen MR) is 64.5 cm³/mol. The van der Waals surface area contributed by atoms with Gasteiger partial charge in [0.25, 0.3) is 0 Å². The van der Waals surface area contributed by atoms with E-state index in [-0.39, 0.29) is 0 Å². The number of aryl methyl sites for hydroxylation is 1. The van der Waals surface area contributed by atoms with E-state index in [1.165, 1.54) is 6.20 Å². The number of benzene rings is 1. The lowest BCUT2D eigenvalue weighted by Crippen LogP contribution is -1.98. The first-order chi connectivity index (χ1) is 8.26. The number of nitrogens with one attached hydrogen (secondary N) is 1. The van der Waals surface area contributed by atoms with Gasteiger partial charge >= 0.3 is 0 Å². The smallest absolute Gasteiger partial charge is 0.153 e. The van der Waals surface area contributed by atoms with Crippen LogP contribution in [0.2, 0.25) is 0 Å². The van der Waals surface area contributed by atoms with Gasteiger partial charge in [0.15, 0.2) is 6.29 Å². The molecule has 0 aliphatic carbocycles. The van der Waals surface area contributed by atoms with Gasteiger partial charge in [0.2, 0.25) is 0 Å². The Labute approximate surface area is 99.6 Å². The Kier molecular flexibility index (Phi) is 3.23. The average molecular weight is 230 g/mol. The summed E-state index contributed by atoms with van der Waals surface area (Å²) in [4.78, 5) is 10.8. The van der Waals surface area contributed by atoms with Crippen molar-refractivity contribution < 1.29 is 9.53 Å². The Bertz CT molecular complexity index is 532. The van der Waals surface area contributed by atoms with Crippen LogP contribution in [-0.2, 0) is 6.42 Å². The number of aromatic nitrogens is 2. The Hall–Kier alpha value is -2.10. The van der Waals surface area contributed by atoms with Crippen LogP contribution in [0.15, 0.2) is 24.4 Å². The molecule has 2 rings (SSSR count). The zero-order valence-corrected chi connectivity index (χ0v) is 9.86. The highest BCUT2D eigenvalue weighted by molar-refractivity contribution is 5.76. The Morgan fingerprint density at radius 2 is 2.29 bits per heavy atom. The number of aromatic amines is 1. The molecule has 0 saturated heterocycles. The van der Waals surface area contributed by atoms with Crippen LogP contribution >= 0.6 is 0 Å². The standard InChI is InChI=1S/C13H14N2O2/c1-9-4-3-5-10(13(9)17-2)6-12-11(8-16)7-14-15-12/h3-5,7-8H,6H2,1-2H3,(H,14,15). The highest BCUT2D eigenvalue weighted by atomic mass is 16.5. The molecule has 1 aromatic carbocycles. The maximum atomic E-state index is 10.8. The average Bonchev–Trinajstić information content (AvgIpc) is 2.77. The third kappa shape index (κ3) is 2.20. The molecule has 4 nitrogen and oxygen atoms in total. The van der Waals surface area contributed by atoms with Gasteiger partial charge < -0.3 is 4.74 Å². The van der Waals surface area contributed by atoms with Gasteiger partial charge in [-0.2, -0.15) is 5.10 Å². The number of methoxy groups -OCH3 is 1. The van der Waals surface area contributed by atoms with E-state index in [9.17, 15) is 4.79 Å². The summed E-state index contributed by atoms with van der Waals surface area (Å²) in [6.07, 6.45) is 2.95. The van der Waals surface area contributed by atoms with Gasteiger partial charge in [0.05, 0.1) is 24.6 Å². The second-order valence-corrected chi connectivity index (χ2v) is 3.87. The van der Waals surface area contributed by atoms with E-state index in [0.717, 1.165) is 28.9 Å². The molecule has 17 heavy (non-hydrogen) atoms. The topological polar surface area (TPSA) is 55.0 Å². The first kappa shape index (κ1) is 11.4. The minimum Gasteiger partial charge on any atom is -0.496 e. The van der Waals surface area contributed by atoms with Gasteiger partial charge in [-0.1, -0.05) is 18.2 Å². The third-order valence-electron chi connectivity index (χ3n) is 2.74. The van der Waals surface area contributed by atoms with Crippen molar-refractivity contribution >= 4 is 6.29 Å². The number of H-pyrrole nitrogens is 1. The van der Waals surface area contributed by atoms with E-state index in [1.807, 2.05) is 25.1 Å². The van der Waals surface area contributed by atoms with Gasteiger partial charge in [-0.05, 0) is 12.5 Å². The molecule has 88 valence electrons. The van der Waals surface area contributed by atoms with Crippen molar-refractivity contribution in [3.05, 3.63) is 46.8 Å². The van der Waals surface area contributed by atoms with Crippen molar-refractivity contribution in [2.75, 3.05) is 7.11 Å². The maximum Gasteiger partial charge on any atom is 0.153 e. The third-order valence-corrected chi connectivity index (χ3v) is 2.74. The molecule has 0 aliphatic rings. The fraction of sp³-hybridized carbons (Fsp3) is 0.231. The number of hydrogen-bond acceptors (Lipinski definition) is 3. The summed E-state index contributed by atoms with van der Waals surface area (Å²) >= 11 is 0. The van der Waals surface area contributed by atoms with Crippen LogP contribution in [0.3, 0.4) is 0 Å². The summed E-state index contributed by atoms with van der Waals surface area (Å²) in [5.41, 5.74) is 3.52. The molecule has 2 aromatic rings. The van der Waals surface area contributed by atoms with Crippen molar-refractivity contribution in [3.8, 4) is 5.75 Å². The number of aldehydes is 1. The Morgan fingerprint density at radius 1 is 1.47 bits per heavy atom. The summed E-state index contributed by atoms with van der Waals surface area (Å²) < 4.78 is 5.38. The summed E-state index contributed by atoms with van der Waals surface area (Å²) in [5.74, 6) is 0.860. The molecule has 0 atom stereocenters. The summed E-state index contributed by atoms with van der Waals surface area (Å²) in [6, 6.07) is 5.96. The van der Waals surface area contributed by atoms with Gasteiger partial charge in [-0.15, -0.1) is 0 Å². The van der Waals surface area contributed by atoms with Crippen molar-refractivity contribution in [1.29, 1.82) is 0 Å². The molecule has 1 N–H and O–H groups in total. The molecule has 0 spiro atoms. The van der Waals surface area contributed by atoms with E-state index in [1.54, 1.807) is 7.11 Å². The minimum absolute atomic E-state index is 0.591. The largest absolute Gasteiger partial charge is 0.496 e. The maximum absolute atomic E-state index is 10.8. The lowest BCUT2D eigenvalue weighted by atomic mass is 10.0. The molecule has 0 radical (unpaired) electrons. The molecule has 0 aliphatic heterocycles. The highest BCUT2D eigenvalue weighted by Gasteiger charge is 2.10. The number of para-hydroxylation sites is 1. The van der Waals surface area contributed by atoms with Gasteiger partial charge in [0, 0.05) is 12.0 Å². The summed E-state index contributed by atoms with van der Waals surface area (Å²) in [6.45, 7) is 2.00. The van der Waals surface area contributed by atoms with E-state index >= 15 is 0 Å². The Balaban J connectivity index is 2.36. The first-order valence-corrected chi connectivity index (χ1v) is 5.36. The summed E-state index contributed by atoms with van der Waals surface area (Å²) in [5, 5.41) is 6.71. The van der Waals surface area contributed by atoms with Crippen molar-refractivity contribution in [2.24, 2.45) is 0 Å². The lowest BCUT2D eigenvalue weighted by Gasteiger charge is -2.10. The van der Waals surface area contributed by atoms with E-state index in [0.29, 0.717) is 12.0 Å². The van der Waals surface area contributed by atoms with Crippen LogP contribution in [0.1, 0.15) is 27.2 Å². The number of ether oxygens (including phenoxy) is 1. The number of rotatable bonds is 4. The van der Waals surface area contributed by atoms with Gasteiger partial charge in [-0.3, -0.25) is 9.89 Å². The summed E-state index contributed by atoms with van der Waals surface area (Å²) in [7, 11) is 1.65. The normalized spacial score (nSPS) is 10.2. The monoisotopic (exact) mass is 230 g/mol. The van der Waals surface area contributed by atoms with Gasteiger partial charge in [0.1, 0.15) is 5.75 Å².